The second kappa shape index (κ2) is 8.85. The van der Waals surface area contributed by atoms with E-state index in [2.05, 4.69) is 40.1 Å². The zero-order valence-corrected chi connectivity index (χ0v) is 13.7. The van der Waals surface area contributed by atoms with Crippen molar-refractivity contribution in [3.05, 3.63) is 11.8 Å². The van der Waals surface area contributed by atoms with Gasteiger partial charge >= 0.3 is 0 Å². The molecule has 0 aromatic carbocycles. The quantitative estimate of drug-likeness (QED) is 0.693. The predicted molar refractivity (Wildman–Crippen MR) is 90.1 cm³/mol. The molecule has 1 aromatic heterocycles. The van der Waals surface area contributed by atoms with Crippen molar-refractivity contribution >= 4 is 11.8 Å². The lowest BCUT2D eigenvalue weighted by Crippen LogP contribution is -2.20. The van der Waals surface area contributed by atoms with Crippen LogP contribution in [0.3, 0.4) is 0 Å². The molecule has 0 saturated carbocycles. The number of hydrogen-bond donors (Lipinski definition) is 1. The summed E-state index contributed by atoms with van der Waals surface area (Å²) >= 11 is 0. The third kappa shape index (κ3) is 5.52. The minimum atomic E-state index is 0.797. The van der Waals surface area contributed by atoms with Crippen molar-refractivity contribution in [3.8, 4) is 0 Å². The van der Waals surface area contributed by atoms with Gasteiger partial charge in [0.05, 0.1) is 0 Å². The fraction of sp³-hybridized carbons (Fsp3) is 0.765. The molecule has 1 N–H and O–H groups in total. The molecule has 2 rings (SSSR count). The summed E-state index contributed by atoms with van der Waals surface area (Å²) in [5, 5.41) is 3.39. The summed E-state index contributed by atoms with van der Waals surface area (Å²) in [5.74, 6) is 1.89. The van der Waals surface area contributed by atoms with E-state index in [1.54, 1.807) is 0 Å². The molecule has 4 nitrogen and oxygen atoms in total. The first-order chi connectivity index (χ1) is 10.3. The van der Waals surface area contributed by atoms with Crippen LogP contribution in [-0.2, 0) is 0 Å². The van der Waals surface area contributed by atoms with Gasteiger partial charge in [-0.25, -0.2) is 4.98 Å². The fourth-order valence-electron chi connectivity index (χ4n) is 2.84. The van der Waals surface area contributed by atoms with Crippen molar-refractivity contribution in [1.29, 1.82) is 0 Å². The molecular weight excluding hydrogens is 260 g/mol. The lowest BCUT2D eigenvalue weighted by atomic mass is 10.1. The SMILES string of the molecule is CCCCCCCCNc1nc(C)cc(N2CCCC2)n1. The first-order valence-electron chi connectivity index (χ1n) is 8.64. The summed E-state index contributed by atoms with van der Waals surface area (Å²) in [7, 11) is 0. The van der Waals surface area contributed by atoms with Crippen LogP contribution in [0.1, 0.15) is 64.0 Å². The van der Waals surface area contributed by atoms with Gasteiger partial charge in [-0.15, -0.1) is 0 Å². The summed E-state index contributed by atoms with van der Waals surface area (Å²) in [4.78, 5) is 11.5. The second-order valence-electron chi connectivity index (χ2n) is 6.08. The first-order valence-corrected chi connectivity index (χ1v) is 8.64. The summed E-state index contributed by atoms with van der Waals surface area (Å²) in [6.45, 7) is 7.56. The van der Waals surface area contributed by atoms with Crippen LogP contribution >= 0.6 is 0 Å². The van der Waals surface area contributed by atoms with E-state index in [0.717, 1.165) is 37.1 Å². The smallest absolute Gasteiger partial charge is 0.224 e. The van der Waals surface area contributed by atoms with E-state index in [1.807, 2.05) is 0 Å². The molecular formula is C17H30N4. The number of unbranched alkanes of at least 4 members (excludes halogenated alkanes) is 5. The third-order valence-corrected chi connectivity index (χ3v) is 4.08. The van der Waals surface area contributed by atoms with Gasteiger partial charge in [-0.05, 0) is 26.2 Å². The Balaban J connectivity index is 1.75. The van der Waals surface area contributed by atoms with E-state index >= 15 is 0 Å². The normalized spacial score (nSPS) is 14.7. The van der Waals surface area contributed by atoms with Crippen LogP contribution < -0.4 is 10.2 Å². The number of aryl methyl sites for hydroxylation is 1. The largest absolute Gasteiger partial charge is 0.356 e. The average Bonchev–Trinajstić information content (AvgIpc) is 3.00. The molecule has 0 aliphatic carbocycles. The van der Waals surface area contributed by atoms with Gasteiger partial charge in [-0.1, -0.05) is 39.0 Å². The highest BCUT2D eigenvalue weighted by molar-refractivity contribution is 5.45. The molecule has 0 bridgehead atoms. The zero-order chi connectivity index (χ0) is 14.9. The topological polar surface area (TPSA) is 41.1 Å². The van der Waals surface area contributed by atoms with Crippen molar-refractivity contribution in [1.82, 2.24) is 9.97 Å². The second-order valence-corrected chi connectivity index (χ2v) is 6.08. The molecule has 0 spiro atoms. The van der Waals surface area contributed by atoms with Crippen LogP contribution in [0, 0.1) is 6.92 Å². The standard InChI is InChI=1S/C17H30N4/c1-3-4-5-6-7-8-11-18-17-19-15(2)14-16(20-17)21-12-9-10-13-21/h14H,3-13H2,1-2H3,(H,18,19,20). The monoisotopic (exact) mass is 290 g/mol. The molecule has 1 saturated heterocycles. The van der Waals surface area contributed by atoms with Crippen molar-refractivity contribution < 1.29 is 0 Å². The number of rotatable bonds is 9. The Morgan fingerprint density at radius 1 is 1.05 bits per heavy atom. The third-order valence-electron chi connectivity index (χ3n) is 4.08. The predicted octanol–water partition coefficient (Wildman–Crippen LogP) is 4.16. The van der Waals surface area contributed by atoms with Crippen molar-refractivity contribution in [2.45, 2.75) is 65.2 Å². The lowest BCUT2D eigenvalue weighted by Gasteiger charge is -2.17. The lowest BCUT2D eigenvalue weighted by molar-refractivity contribution is 0.616. The van der Waals surface area contributed by atoms with E-state index < -0.39 is 0 Å². The average molecular weight is 290 g/mol. The van der Waals surface area contributed by atoms with Gasteiger partial charge in [0.15, 0.2) is 0 Å². The summed E-state index contributed by atoms with van der Waals surface area (Å²) in [6.07, 6.45) is 10.5. The van der Waals surface area contributed by atoms with E-state index in [1.165, 1.54) is 51.4 Å². The van der Waals surface area contributed by atoms with E-state index in [9.17, 15) is 0 Å². The number of nitrogens with zero attached hydrogens (tertiary/aromatic N) is 3. The van der Waals surface area contributed by atoms with Gasteiger partial charge in [0.2, 0.25) is 5.95 Å². The minimum absolute atomic E-state index is 0.797. The van der Waals surface area contributed by atoms with Gasteiger partial charge < -0.3 is 10.2 Å². The highest BCUT2D eigenvalue weighted by Crippen LogP contribution is 2.19. The highest BCUT2D eigenvalue weighted by atomic mass is 15.2. The van der Waals surface area contributed by atoms with Crippen LogP contribution in [0.25, 0.3) is 0 Å². The van der Waals surface area contributed by atoms with Crippen molar-refractivity contribution in [2.24, 2.45) is 0 Å². The van der Waals surface area contributed by atoms with E-state index in [-0.39, 0.29) is 0 Å². The first kappa shape index (κ1) is 16.1. The minimum Gasteiger partial charge on any atom is -0.356 e. The number of hydrogen-bond acceptors (Lipinski definition) is 4. The van der Waals surface area contributed by atoms with E-state index in [0.29, 0.717) is 0 Å². The maximum Gasteiger partial charge on any atom is 0.224 e. The molecule has 0 amide bonds. The Kier molecular flexibility index (Phi) is 6.77. The summed E-state index contributed by atoms with van der Waals surface area (Å²) in [6, 6.07) is 2.10. The van der Waals surface area contributed by atoms with Gasteiger partial charge in [0.25, 0.3) is 0 Å². The van der Waals surface area contributed by atoms with Crippen molar-refractivity contribution in [2.75, 3.05) is 29.9 Å². The summed E-state index contributed by atoms with van der Waals surface area (Å²) < 4.78 is 0. The molecule has 0 unspecified atom stereocenters. The zero-order valence-electron chi connectivity index (χ0n) is 13.7. The molecule has 21 heavy (non-hydrogen) atoms. The Bertz CT molecular complexity index is 413. The van der Waals surface area contributed by atoms with Crippen LogP contribution in [0.4, 0.5) is 11.8 Å². The Morgan fingerprint density at radius 2 is 1.76 bits per heavy atom. The Labute approximate surface area is 129 Å². The van der Waals surface area contributed by atoms with Crippen LogP contribution in [0.15, 0.2) is 6.07 Å². The number of anilines is 2. The maximum absolute atomic E-state index is 4.67. The van der Waals surface area contributed by atoms with Crippen molar-refractivity contribution in [3.63, 3.8) is 0 Å². The van der Waals surface area contributed by atoms with E-state index in [4.69, 9.17) is 0 Å². The van der Waals surface area contributed by atoms with Gasteiger partial charge in [-0.2, -0.15) is 4.98 Å². The molecule has 1 aliphatic rings. The number of aromatic nitrogens is 2. The Hall–Kier alpha value is -1.32. The summed E-state index contributed by atoms with van der Waals surface area (Å²) in [5.41, 5.74) is 1.05. The molecule has 1 aliphatic heterocycles. The molecule has 0 atom stereocenters. The van der Waals surface area contributed by atoms with Gasteiger partial charge in [0.1, 0.15) is 5.82 Å². The van der Waals surface area contributed by atoms with Crippen LogP contribution in [0.2, 0.25) is 0 Å². The molecule has 1 fully saturated rings. The van der Waals surface area contributed by atoms with Crippen LogP contribution in [0.5, 0.6) is 0 Å². The molecule has 0 radical (unpaired) electrons. The molecule has 1 aromatic rings. The number of nitrogens with one attached hydrogen (secondary N) is 1. The van der Waals surface area contributed by atoms with Gasteiger partial charge in [-0.3, -0.25) is 0 Å². The van der Waals surface area contributed by atoms with Gasteiger partial charge in [0, 0.05) is 31.4 Å². The van der Waals surface area contributed by atoms with Crippen LogP contribution in [-0.4, -0.2) is 29.6 Å². The Morgan fingerprint density at radius 3 is 2.52 bits per heavy atom. The molecule has 4 heteroatoms. The maximum atomic E-state index is 4.67. The molecule has 118 valence electrons. The fourth-order valence-corrected chi connectivity index (χ4v) is 2.84. The molecule has 2 heterocycles. The highest BCUT2D eigenvalue weighted by Gasteiger charge is 2.14.